The zero-order valence-corrected chi connectivity index (χ0v) is 12.7. The fourth-order valence-electron chi connectivity index (χ4n) is 2.79. The molecule has 1 atom stereocenters. The van der Waals surface area contributed by atoms with E-state index >= 15 is 0 Å². The Morgan fingerprint density at radius 3 is 2.87 bits per heavy atom. The summed E-state index contributed by atoms with van der Waals surface area (Å²) in [6.07, 6.45) is 0.979. The second-order valence-electron chi connectivity index (χ2n) is 5.62. The average molecular weight is 322 g/mol. The molecule has 9 nitrogen and oxygen atoms in total. The first-order valence-electron chi connectivity index (χ1n) is 7.41. The van der Waals surface area contributed by atoms with Crippen LogP contribution in [0.2, 0.25) is 0 Å². The lowest BCUT2D eigenvalue weighted by molar-refractivity contribution is -0.384. The largest absolute Gasteiger partial charge is 0.464 e. The van der Waals surface area contributed by atoms with E-state index in [0.29, 0.717) is 25.7 Å². The fourth-order valence-corrected chi connectivity index (χ4v) is 2.79. The molecule has 2 aliphatic heterocycles. The summed E-state index contributed by atoms with van der Waals surface area (Å²) in [5.74, 6) is -0.405. The van der Waals surface area contributed by atoms with E-state index in [-0.39, 0.29) is 23.2 Å². The van der Waals surface area contributed by atoms with Gasteiger partial charge in [-0.3, -0.25) is 10.1 Å². The predicted molar refractivity (Wildman–Crippen MR) is 80.6 cm³/mol. The van der Waals surface area contributed by atoms with Crippen LogP contribution in [-0.2, 0) is 9.47 Å². The average Bonchev–Trinajstić information content (AvgIpc) is 3.02. The van der Waals surface area contributed by atoms with Gasteiger partial charge in [0, 0.05) is 37.8 Å². The fraction of sp³-hybridized carbons (Fsp3) is 0.571. The maximum Gasteiger partial charge on any atom is 0.356 e. The molecule has 2 fully saturated rings. The minimum Gasteiger partial charge on any atom is -0.464 e. The van der Waals surface area contributed by atoms with Crippen LogP contribution in [0, 0.1) is 10.1 Å². The second-order valence-corrected chi connectivity index (χ2v) is 5.62. The van der Waals surface area contributed by atoms with Gasteiger partial charge in [-0.15, -0.1) is 0 Å². The quantitative estimate of drug-likeness (QED) is 0.470. The third-order valence-electron chi connectivity index (χ3n) is 4.03. The Labute approximate surface area is 132 Å². The molecule has 2 aliphatic rings. The van der Waals surface area contributed by atoms with Crippen molar-refractivity contribution in [3.63, 3.8) is 0 Å². The molecule has 0 aromatic carbocycles. The minimum absolute atomic E-state index is 0.0636. The van der Waals surface area contributed by atoms with Gasteiger partial charge in [0.1, 0.15) is 0 Å². The summed E-state index contributed by atoms with van der Waals surface area (Å²) in [6, 6.07) is 3.18. The van der Waals surface area contributed by atoms with Gasteiger partial charge in [0.2, 0.25) is 5.82 Å². The number of carbonyl (C=O) groups excluding carboxylic acids is 1. The molecule has 0 amide bonds. The van der Waals surface area contributed by atoms with E-state index < -0.39 is 10.9 Å². The summed E-state index contributed by atoms with van der Waals surface area (Å²) in [6.45, 7) is 2.68. The lowest BCUT2D eigenvalue weighted by atomic mass is 10.1. The van der Waals surface area contributed by atoms with Crippen LogP contribution >= 0.6 is 0 Å². The summed E-state index contributed by atoms with van der Waals surface area (Å²) in [5, 5.41) is 14.6. The van der Waals surface area contributed by atoms with Crippen LogP contribution in [0.25, 0.3) is 0 Å². The van der Waals surface area contributed by atoms with Gasteiger partial charge in [-0.1, -0.05) is 0 Å². The first kappa shape index (κ1) is 15.6. The van der Waals surface area contributed by atoms with Crippen molar-refractivity contribution in [2.24, 2.45) is 0 Å². The molecule has 3 rings (SSSR count). The number of esters is 1. The van der Waals surface area contributed by atoms with Gasteiger partial charge in [0.05, 0.1) is 18.6 Å². The van der Waals surface area contributed by atoms with Gasteiger partial charge < -0.3 is 19.7 Å². The van der Waals surface area contributed by atoms with Crippen molar-refractivity contribution < 1.29 is 19.2 Å². The lowest BCUT2D eigenvalue weighted by Crippen LogP contribution is -2.60. The molecule has 0 aliphatic carbocycles. The lowest BCUT2D eigenvalue weighted by Gasteiger charge is -2.41. The monoisotopic (exact) mass is 322 g/mol. The molecule has 0 radical (unpaired) electrons. The number of hydrogen-bond acceptors (Lipinski definition) is 8. The van der Waals surface area contributed by atoms with Crippen molar-refractivity contribution in [2.45, 2.75) is 18.5 Å². The minimum atomic E-state index is -0.612. The summed E-state index contributed by atoms with van der Waals surface area (Å²) < 4.78 is 9.93. The number of methoxy groups -OCH3 is 1. The third-order valence-corrected chi connectivity index (χ3v) is 4.03. The smallest absolute Gasteiger partial charge is 0.356 e. The molecule has 0 saturated carbocycles. The van der Waals surface area contributed by atoms with Crippen molar-refractivity contribution in [3.05, 3.63) is 27.9 Å². The molecule has 2 saturated heterocycles. The number of anilines is 1. The van der Waals surface area contributed by atoms with Crippen LogP contribution < -0.4 is 10.2 Å². The van der Waals surface area contributed by atoms with Gasteiger partial charge in [-0.05, 0) is 12.5 Å². The van der Waals surface area contributed by atoms with Crippen molar-refractivity contribution in [2.75, 3.05) is 38.3 Å². The van der Waals surface area contributed by atoms with E-state index in [4.69, 9.17) is 4.74 Å². The van der Waals surface area contributed by atoms with Crippen molar-refractivity contribution in [1.82, 2.24) is 10.3 Å². The molecule has 1 aromatic rings. The molecular formula is C14H18N4O5. The summed E-state index contributed by atoms with van der Waals surface area (Å²) >= 11 is 0. The number of ether oxygens (including phenoxy) is 2. The van der Waals surface area contributed by atoms with Gasteiger partial charge in [-0.25, -0.2) is 9.78 Å². The zero-order valence-electron chi connectivity index (χ0n) is 12.7. The zero-order chi connectivity index (χ0) is 16.4. The summed E-state index contributed by atoms with van der Waals surface area (Å²) in [5.41, 5.74) is -0.0472. The number of nitrogens with one attached hydrogen (secondary N) is 1. The molecule has 3 heterocycles. The highest BCUT2D eigenvalue weighted by Crippen LogP contribution is 2.30. The molecule has 9 heteroatoms. The normalized spacial score (nSPS) is 21.1. The number of aromatic nitrogens is 1. The predicted octanol–water partition coefficient (Wildman–Crippen LogP) is 0.343. The van der Waals surface area contributed by atoms with E-state index in [1.165, 1.54) is 19.2 Å². The maximum absolute atomic E-state index is 11.6. The van der Waals surface area contributed by atoms with Gasteiger partial charge in [-0.2, -0.15) is 0 Å². The van der Waals surface area contributed by atoms with Crippen molar-refractivity contribution in [3.8, 4) is 0 Å². The molecule has 124 valence electrons. The number of carbonyl (C=O) groups is 1. The molecule has 1 unspecified atom stereocenters. The van der Waals surface area contributed by atoms with Gasteiger partial charge in [0.15, 0.2) is 5.69 Å². The third kappa shape index (κ3) is 3.25. The topological polar surface area (TPSA) is 107 Å². The highest BCUT2D eigenvalue weighted by molar-refractivity contribution is 5.88. The Morgan fingerprint density at radius 2 is 2.26 bits per heavy atom. The summed E-state index contributed by atoms with van der Waals surface area (Å²) in [4.78, 5) is 28.1. The Kier molecular flexibility index (Phi) is 4.39. The summed E-state index contributed by atoms with van der Waals surface area (Å²) in [7, 11) is 1.25. The van der Waals surface area contributed by atoms with Crippen LogP contribution in [0.4, 0.5) is 11.5 Å². The van der Waals surface area contributed by atoms with Gasteiger partial charge >= 0.3 is 11.7 Å². The number of hydrogen-bond donors (Lipinski definition) is 1. The van der Waals surface area contributed by atoms with E-state index in [9.17, 15) is 14.9 Å². The second kappa shape index (κ2) is 6.47. The Morgan fingerprint density at radius 1 is 1.48 bits per heavy atom. The molecule has 1 N–H and O–H groups in total. The maximum atomic E-state index is 11.6. The van der Waals surface area contributed by atoms with Gasteiger partial charge in [0.25, 0.3) is 0 Å². The van der Waals surface area contributed by atoms with Crippen molar-refractivity contribution >= 4 is 17.5 Å². The number of pyridine rings is 1. The molecular weight excluding hydrogens is 304 g/mol. The molecule has 1 aromatic heterocycles. The Bertz CT molecular complexity index is 611. The number of nitrogens with zero attached hydrogens (tertiary/aromatic N) is 3. The number of rotatable bonds is 5. The molecule has 23 heavy (non-hydrogen) atoms. The van der Waals surface area contributed by atoms with E-state index in [2.05, 4.69) is 15.0 Å². The number of nitro groups is 1. The Hall–Kier alpha value is -2.26. The van der Waals surface area contributed by atoms with Crippen LogP contribution in [0.5, 0.6) is 0 Å². The van der Waals surface area contributed by atoms with E-state index in [1.807, 2.05) is 0 Å². The van der Waals surface area contributed by atoms with Crippen molar-refractivity contribution in [1.29, 1.82) is 0 Å². The first-order valence-corrected chi connectivity index (χ1v) is 7.41. The SMILES string of the molecule is COC(=O)c1ccc([N+](=O)[O-])c(N2CC(NC3CCOC3)C2)n1. The Balaban J connectivity index is 1.71. The molecule has 0 spiro atoms. The van der Waals surface area contributed by atoms with Crippen LogP contribution in [0.1, 0.15) is 16.9 Å². The van der Waals surface area contributed by atoms with Crippen LogP contribution in [-0.4, -0.2) is 61.4 Å². The van der Waals surface area contributed by atoms with Crippen LogP contribution in [0.15, 0.2) is 12.1 Å². The highest BCUT2D eigenvalue weighted by atomic mass is 16.6. The van der Waals surface area contributed by atoms with Crippen LogP contribution in [0.3, 0.4) is 0 Å². The first-order chi connectivity index (χ1) is 11.1. The molecule has 0 bridgehead atoms. The highest BCUT2D eigenvalue weighted by Gasteiger charge is 2.34. The van der Waals surface area contributed by atoms with E-state index in [0.717, 1.165) is 13.0 Å². The standard InChI is InChI=1S/C14H18N4O5/c1-22-14(19)11-2-3-12(18(20)21)13(16-11)17-6-10(7-17)15-9-4-5-23-8-9/h2-3,9-10,15H,4-8H2,1H3. The van der Waals surface area contributed by atoms with E-state index in [1.54, 1.807) is 4.90 Å².